The molecule has 3 aromatic rings. The molecule has 0 saturated carbocycles. The van der Waals surface area contributed by atoms with Crippen molar-refractivity contribution in [3.63, 3.8) is 0 Å². The molecule has 1 aromatic carbocycles. The minimum atomic E-state index is -1.23. The fraction of sp³-hybridized carbons (Fsp3) is 0.333. The van der Waals surface area contributed by atoms with Gasteiger partial charge in [-0.05, 0) is 64.0 Å². The number of nitrogens with one attached hydrogen (secondary N) is 1. The molecule has 0 bridgehead atoms. The maximum Gasteiger partial charge on any atom is 0.349 e. The van der Waals surface area contributed by atoms with E-state index in [2.05, 4.69) is 16.8 Å². The molecule has 2 aromatic heterocycles. The van der Waals surface area contributed by atoms with Crippen molar-refractivity contribution in [2.24, 2.45) is 7.05 Å². The lowest BCUT2D eigenvalue weighted by Gasteiger charge is -2.12. The summed E-state index contributed by atoms with van der Waals surface area (Å²) in [6, 6.07) is 12.8. The molecule has 1 N–H and O–H groups in total. The molecule has 9 heteroatoms. The Morgan fingerprint density at radius 1 is 1.17 bits per heavy atom. The number of ether oxygens (including phenoxy) is 1. The maximum absolute atomic E-state index is 13.0. The first kappa shape index (κ1) is 26.3. The van der Waals surface area contributed by atoms with Gasteiger partial charge in [0.1, 0.15) is 17.3 Å². The minimum absolute atomic E-state index is 0.0914. The number of hydrogen-bond donors (Lipinski definition) is 1. The molecule has 0 radical (unpaired) electrons. The van der Waals surface area contributed by atoms with Crippen LogP contribution in [0.3, 0.4) is 0 Å². The summed E-state index contributed by atoms with van der Waals surface area (Å²) >= 11 is 0. The van der Waals surface area contributed by atoms with Crippen LogP contribution in [0.25, 0.3) is 11.8 Å². The summed E-state index contributed by atoms with van der Waals surface area (Å²) in [5.74, 6) is -1.58. The standard InChI is InChI=1S/C27H31N5O4/c1-7-13-31-17(2)14-21(18(31)3)15-22(16-28)27(35)36-20(5)25(33)29-24-19(4)30(6)32(26(24)34)23-11-9-8-10-12-23/h8-12,14-15,20H,7,13H2,1-6H3,(H,29,33)/b22-15+/t20-/m0/s1. The lowest BCUT2D eigenvalue weighted by molar-refractivity contribution is -0.148. The van der Waals surface area contributed by atoms with Gasteiger partial charge >= 0.3 is 5.97 Å². The van der Waals surface area contributed by atoms with Gasteiger partial charge < -0.3 is 14.6 Å². The Morgan fingerprint density at radius 3 is 2.44 bits per heavy atom. The van der Waals surface area contributed by atoms with E-state index in [4.69, 9.17) is 4.74 Å². The second kappa shape index (κ2) is 11.0. The number of carbonyl (C=O) groups is 2. The molecule has 0 aliphatic rings. The van der Waals surface area contributed by atoms with E-state index in [-0.39, 0.29) is 11.3 Å². The summed E-state index contributed by atoms with van der Waals surface area (Å²) in [4.78, 5) is 38.5. The highest BCUT2D eigenvalue weighted by Gasteiger charge is 2.24. The fourth-order valence-corrected chi connectivity index (χ4v) is 4.05. The number of benzene rings is 1. The second-order valence-corrected chi connectivity index (χ2v) is 8.62. The van der Waals surface area contributed by atoms with Crippen LogP contribution >= 0.6 is 0 Å². The highest BCUT2D eigenvalue weighted by molar-refractivity contribution is 6.01. The molecule has 0 unspecified atom stereocenters. The molecule has 3 rings (SSSR count). The Balaban J connectivity index is 1.78. The zero-order valence-electron chi connectivity index (χ0n) is 21.5. The predicted molar refractivity (Wildman–Crippen MR) is 138 cm³/mol. The third-order valence-corrected chi connectivity index (χ3v) is 6.16. The molecule has 0 fully saturated rings. The molecule has 0 aliphatic carbocycles. The monoisotopic (exact) mass is 489 g/mol. The number of rotatable bonds is 8. The quantitative estimate of drug-likeness (QED) is 0.294. The Labute approximate surface area is 210 Å². The van der Waals surface area contributed by atoms with Gasteiger partial charge in [-0.25, -0.2) is 9.48 Å². The van der Waals surface area contributed by atoms with Gasteiger partial charge in [-0.15, -0.1) is 0 Å². The van der Waals surface area contributed by atoms with Crippen LogP contribution in [0.4, 0.5) is 5.69 Å². The number of anilines is 1. The van der Waals surface area contributed by atoms with E-state index in [1.165, 1.54) is 17.7 Å². The highest BCUT2D eigenvalue weighted by atomic mass is 16.5. The zero-order chi connectivity index (χ0) is 26.6. The topological polar surface area (TPSA) is 111 Å². The summed E-state index contributed by atoms with van der Waals surface area (Å²) in [7, 11) is 1.71. The number of amides is 1. The van der Waals surface area contributed by atoms with Gasteiger partial charge in [-0.3, -0.25) is 14.3 Å². The van der Waals surface area contributed by atoms with Crippen LogP contribution in [-0.4, -0.2) is 31.9 Å². The first-order chi connectivity index (χ1) is 17.1. The van der Waals surface area contributed by atoms with Gasteiger partial charge in [-0.2, -0.15) is 5.26 Å². The number of hydrogen-bond acceptors (Lipinski definition) is 5. The first-order valence-electron chi connectivity index (χ1n) is 11.7. The Kier molecular flexibility index (Phi) is 8.00. The molecule has 0 aliphatic heterocycles. The van der Waals surface area contributed by atoms with Crippen LogP contribution in [0, 0.1) is 32.1 Å². The van der Waals surface area contributed by atoms with Crippen LogP contribution in [0.2, 0.25) is 0 Å². The summed E-state index contributed by atoms with van der Waals surface area (Å²) in [5, 5.41) is 12.1. The molecular weight excluding hydrogens is 458 g/mol. The average Bonchev–Trinajstić information content (AvgIpc) is 3.24. The Bertz CT molecular complexity index is 1420. The third-order valence-electron chi connectivity index (χ3n) is 6.16. The Hall–Kier alpha value is -4.32. The lowest BCUT2D eigenvalue weighted by atomic mass is 10.1. The van der Waals surface area contributed by atoms with Crippen molar-refractivity contribution in [1.82, 2.24) is 13.9 Å². The van der Waals surface area contributed by atoms with Gasteiger partial charge in [0.05, 0.1) is 11.4 Å². The second-order valence-electron chi connectivity index (χ2n) is 8.62. The minimum Gasteiger partial charge on any atom is -0.448 e. The predicted octanol–water partition coefficient (Wildman–Crippen LogP) is 3.79. The largest absolute Gasteiger partial charge is 0.448 e. The van der Waals surface area contributed by atoms with Crippen molar-refractivity contribution < 1.29 is 14.3 Å². The van der Waals surface area contributed by atoms with Crippen LogP contribution in [0.15, 0.2) is 46.8 Å². The zero-order valence-corrected chi connectivity index (χ0v) is 21.5. The van der Waals surface area contributed by atoms with Crippen LogP contribution < -0.4 is 10.9 Å². The normalized spacial score (nSPS) is 12.2. The average molecular weight is 490 g/mol. The molecule has 36 heavy (non-hydrogen) atoms. The lowest BCUT2D eigenvalue weighted by Crippen LogP contribution is -2.32. The molecule has 1 atom stereocenters. The molecular formula is C27H31N5O4. The fourth-order valence-electron chi connectivity index (χ4n) is 4.05. The van der Waals surface area contributed by atoms with Gasteiger partial charge in [0.25, 0.3) is 11.5 Å². The number of carbonyl (C=O) groups excluding carboxylic acids is 2. The summed E-state index contributed by atoms with van der Waals surface area (Å²) in [5.41, 5.74) is 3.36. The Morgan fingerprint density at radius 2 is 1.83 bits per heavy atom. The number of aromatic nitrogens is 3. The number of nitrogens with zero attached hydrogens (tertiary/aromatic N) is 4. The van der Waals surface area contributed by atoms with Crippen molar-refractivity contribution in [1.29, 1.82) is 5.26 Å². The van der Waals surface area contributed by atoms with Crippen molar-refractivity contribution in [3.8, 4) is 11.8 Å². The number of nitriles is 1. The van der Waals surface area contributed by atoms with Gasteiger partial charge in [0, 0.05) is 25.0 Å². The smallest absolute Gasteiger partial charge is 0.349 e. The SMILES string of the molecule is CCCn1c(C)cc(/C=C(\C#N)C(=O)O[C@@H](C)C(=O)Nc2c(C)n(C)n(-c3ccccc3)c2=O)c1C. The molecule has 0 spiro atoms. The van der Waals surface area contributed by atoms with Crippen molar-refractivity contribution in [2.75, 3.05) is 5.32 Å². The molecule has 1 amide bonds. The van der Waals surface area contributed by atoms with Crippen molar-refractivity contribution in [3.05, 3.63) is 75.0 Å². The van der Waals surface area contributed by atoms with Crippen molar-refractivity contribution in [2.45, 2.75) is 53.7 Å². The highest BCUT2D eigenvalue weighted by Crippen LogP contribution is 2.20. The van der Waals surface area contributed by atoms with E-state index in [0.29, 0.717) is 11.4 Å². The van der Waals surface area contributed by atoms with Gasteiger partial charge in [-0.1, -0.05) is 25.1 Å². The van der Waals surface area contributed by atoms with Gasteiger partial charge in [0.2, 0.25) is 0 Å². The van der Waals surface area contributed by atoms with Crippen LogP contribution in [-0.2, 0) is 27.9 Å². The molecule has 188 valence electrons. The first-order valence-corrected chi connectivity index (χ1v) is 11.7. The third kappa shape index (κ3) is 5.18. The van der Waals surface area contributed by atoms with E-state index in [0.717, 1.165) is 29.9 Å². The number of para-hydroxylation sites is 1. The van der Waals surface area contributed by atoms with E-state index in [1.807, 2.05) is 44.2 Å². The maximum atomic E-state index is 13.0. The summed E-state index contributed by atoms with van der Waals surface area (Å²) in [6.45, 7) is 9.90. The molecule has 2 heterocycles. The summed E-state index contributed by atoms with van der Waals surface area (Å²) < 4.78 is 10.5. The molecule has 9 nitrogen and oxygen atoms in total. The summed E-state index contributed by atoms with van der Waals surface area (Å²) in [6.07, 6.45) is 1.20. The van der Waals surface area contributed by atoms with Crippen LogP contribution in [0.5, 0.6) is 0 Å². The van der Waals surface area contributed by atoms with E-state index < -0.39 is 23.5 Å². The molecule has 0 saturated heterocycles. The van der Waals surface area contributed by atoms with E-state index >= 15 is 0 Å². The number of aryl methyl sites for hydroxylation is 1. The van der Waals surface area contributed by atoms with Crippen LogP contribution in [0.1, 0.15) is 42.9 Å². The van der Waals surface area contributed by atoms with Gasteiger partial charge in [0.15, 0.2) is 6.10 Å². The number of esters is 1. The van der Waals surface area contributed by atoms with Crippen molar-refractivity contribution >= 4 is 23.6 Å². The van der Waals surface area contributed by atoms with E-state index in [1.54, 1.807) is 30.8 Å². The van der Waals surface area contributed by atoms with E-state index in [9.17, 15) is 19.6 Å².